The number of aryl methyl sites for hydroxylation is 1. The summed E-state index contributed by atoms with van der Waals surface area (Å²) in [7, 11) is 0. The van der Waals surface area contributed by atoms with Gasteiger partial charge < -0.3 is 0 Å². The topological polar surface area (TPSA) is 26.9 Å². The van der Waals surface area contributed by atoms with Crippen molar-refractivity contribution >= 4 is 11.8 Å². The molecule has 3 nitrogen and oxygen atoms in total. The Hall–Kier alpha value is -0.640. The zero-order chi connectivity index (χ0) is 10.6. The Labute approximate surface area is 89.1 Å². The van der Waals surface area contributed by atoms with Crippen molar-refractivity contribution in [1.82, 2.24) is 9.13 Å². The Kier molecular flexibility index (Phi) is 4.32. The molecular weight excluding hydrogens is 196 g/mol. The summed E-state index contributed by atoms with van der Waals surface area (Å²) in [6.07, 6.45) is 3.74. The van der Waals surface area contributed by atoms with Crippen LogP contribution in [-0.2, 0) is 6.54 Å². The minimum Gasteiger partial charge on any atom is -0.298 e. The molecule has 1 aromatic heterocycles. The fraction of sp³-hybridized carbons (Fsp3) is 0.700. The Morgan fingerprint density at radius 3 is 2.64 bits per heavy atom. The summed E-state index contributed by atoms with van der Waals surface area (Å²) in [6, 6.07) is 0.252. The van der Waals surface area contributed by atoms with Gasteiger partial charge in [0.1, 0.15) is 0 Å². The lowest BCUT2D eigenvalue weighted by atomic mass is 10.4. The van der Waals surface area contributed by atoms with E-state index >= 15 is 0 Å². The number of rotatable bonds is 5. The molecule has 0 aliphatic carbocycles. The van der Waals surface area contributed by atoms with Crippen molar-refractivity contribution in [3.63, 3.8) is 0 Å². The van der Waals surface area contributed by atoms with Crippen LogP contribution < -0.4 is 5.69 Å². The number of nitrogens with zero attached hydrogens (tertiary/aromatic N) is 2. The second-order valence-corrected chi connectivity index (χ2v) is 4.87. The number of thioether (sulfide) groups is 1. The molecule has 0 unspecified atom stereocenters. The van der Waals surface area contributed by atoms with Crippen LogP contribution in [0.2, 0.25) is 0 Å². The lowest BCUT2D eigenvalue weighted by Crippen LogP contribution is -2.25. The van der Waals surface area contributed by atoms with Gasteiger partial charge in [0.25, 0.3) is 0 Å². The van der Waals surface area contributed by atoms with Crippen LogP contribution >= 0.6 is 11.8 Å². The van der Waals surface area contributed by atoms with Gasteiger partial charge in [-0.2, -0.15) is 11.8 Å². The first-order valence-electron chi connectivity index (χ1n) is 5.01. The molecule has 1 rings (SSSR count). The van der Waals surface area contributed by atoms with Gasteiger partial charge in [-0.25, -0.2) is 4.79 Å². The largest absolute Gasteiger partial charge is 0.328 e. The first-order valence-corrected chi connectivity index (χ1v) is 6.17. The average Bonchev–Trinajstić information content (AvgIpc) is 2.48. The van der Waals surface area contributed by atoms with E-state index in [1.165, 1.54) is 0 Å². The highest BCUT2D eigenvalue weighted by Gasteiger charge is 2.04. The van der Waals surface area contributed by atoms with Gasteiger partial charge >= 0.3 is 5.69 Å². The zero-order valence-corrected chi connectivity index (χ0v) is 9.88. The Morgan fingerprint density at radius 1 is 1.43 bits per heavy atom. The van der Waals surface area contributed by atoms with Crippen molar-refractivity contribution < 1.29 is 0 Å². The summed E-state index contributed by atoms with van der Waals surface area (Å²) >= 11 is 1.86. The van der Waals surface area contributed by atoms with Crippen LogP contribution in [0, 0.1) is 0 Å². The molecule has 0 spiro atoms. The molecule has 0 bridgehead atoms. The van der Waals surface area contributed by atoms with E-state index in [1.54, 1.807) is 9.13 Å². The Morgan fingerprint density at radius 2 is 2.14 bits per heavy atom. The summed E-state index contributed by atoms with van der Waals surface area (Å²) in [5, 5.41) is 0. The summed E-state index contributed by atoms with van der Waals surface area (Å²) in [4.78, 5) is 11.7. The van der Waals surface area contributed by atoms with Crippen LogP contribution in [0.1, 0.15) is 26.8 Å². The lowest BCUT2D eigenvalue weighted by molar-refractivity contribution is 0.558. The lowest BCUT2D eigenvalue weighted by Gasteiger charge is -2.04. The molecule has 14 heavy (non-hydrogen) atoms. The third-order valence-corrected chi connectivity index (χ3v) is 2.99. The van der Waals surface area contributed by atoms with E-state index in [0.29, 0.717) is 0 Å². The minimum absolute atomic E-state index is 0.108. The molecule has 0 amide bonds. The van der Waals surface area contributed by atoms with Crippen LogP contribution in [0.15, 0.2) is 17.2 Å². The third kappa shape index (κ3) is 2.67. The second-order valence-electron chi connectivity index (χ2n) is 3.47. The van der Waals surface area contributed by atoms with Crippen molar-refractivity contribution in [2.75, 3.05) is 11.5 Å². The van der Waals surface area contributed by atoms with Gasteiger partial charge in [-0.1, -0.05) is 6.92 Å². The number of imidazole rings is 1. The van der Waals surface area contributed by atoms with E-state index < -0.39 is 0 Å². The van der Waals surface area contributed by atoms with Gasteiger partial charge in [-0.3, -0.25) is 9.13 Å². The zero-order valence-electron chi connectivity index (χ0n) is 9.06. The average molecular weight is 214 g/mol. The first-order chi connectivity index (χ1) is 6.66. The van der Waals surface area contributed by atoms with Gasteiger partial charge in [0.05, 0.1) is 0 Å². The molecule has 0 saturated heterocycles. The molecule has 0 N–H and O–H groups in total. The van der Waals surface area contributed by atoms with E-state index in [9.17, 15) is 4.79 Å². The van der Waals surface area contributed by atoms with Crippen LogP contribution in [0.4, 0.5) is 0 Å². The molecule has 0 radical (unpaired) electrons. The van der Waals surface area contributed by atoms with Crippen LogP contribution in [0.5, 0.6) is 0 Å². The smallest absolute Gasteiger partial charge is 0.298 e. The predicted molar refractivity (Wildman–Crippen MR) is 62.1 cm³/mol. The molecule has 0 aromatic carbocycles. The number of hydrogen-bond donors (Lipinski definition) is 0. The van der Waals surface area contributed by atoms with E-state index in [4.69, 9.17) is 0 Å². The number of aromatic nitrogens is 2. The van der Waals surface area contributed by atoms with E-state index in [2.05, 4.69) is 6.92 Å². The summed E-state index contributed by atoms with van der Waals surface area (Å²) in [6.45, 7) is 6.99. The van der Waals surface area contributed by atoms with Gasteiger partial charge in [-0.15, -0.1) is 0 Å². The van der Waals surface area contributed by atoms with Crippen molar-refractivity contribution in [3.8, 4) is 0 Å². The monoisotopic (exact) mass is 214 g/mol. The standard InChI is InChI=1S/C10H18N2OS/c1-4-14-8-7-11-5-6-12(9(2)3)10(11)13/h5-6,9H,4,7-8H2,1-3H3. The minimum atomic E-state index is 0.108. The Bertz CT molecular complexity index is 327. The van der Waals surface area contributed by atoms with Gasteiger partial charge in [0.2, 0.25) is 0 Å². The molecule has 0 aliphatic rings. The predicted octanol–water partition coefficient (Wildman–Crippen LogP) is 1.98. The molecule has 1 heterocycles. The van der Waals surface area contributed by atoms with Crippen LogP contribution in [-0.4, -0.2) is 20.6 Å². The van der Waals surface area contributed by atoms with Crippen LogP contribution in [0.3, 0.4) is 0 Å². The van der Waals surface area contributed by atoms with Gasteiger partial charge in [-0.05, 0) is 19.6 Å². The van der Waals surface area contributed by atoms with Crippen molar-refractivity contribution in [1.29, 1.82) is 0 Å². The normalized spacial score (nSPS) is 11.1. The highest BCUT2D eigenvalue weighted by molar-refractivity contribution is 7.99. The molecule has 0 fully saturated rings. The molecular formula is C10H18N2OS. The second kappa shape index (κ2) is 5.29. The van der Waals surface area contributed by atoms with Crippen LogP contribution in [0.25, 0.3) is 0 Å². The number of hydrogen-bond acceptors (Lipinski definition) is 2. The summed E-state index contributed by atoms with van der Waals surface area (Å²) < 4.78 is 3.54. The third-order valence-electron chi connectivity index (χ3n) is 2.11. The Balaban J connectivity index is 2.65. The van der Waals surface area contributed by atoms with Crippen molar-refractivity contribution in [2.24, 2.45) is 0 Å². The first kappa shape index (κ1) is 11.4. The molecule has 80 valence electrons. The molecule has 0 atom stereocenters. The fourth-order valence-corrected chi connectivity index (χ4v) is 1.91. The van der Waals surface area contributed by atoms with Gasteiger partial charge in [0, 0.05) is 30.7 Å². The maximum absolute atomic E-state index is 11.7. The highest BCUT2D eigenvalue weighted by atomic mass is 32.2. The van der Waals surface area contributed by atoms with E-state index in [1.807, 2.05) is 38.0 Å². The summed E-state index contributed by atoms with van der Waals surface area (Å²) in [5.41, 5.74) is 0.108. The maximum atomic E-state index is 11.7. The van der Waals surface area contributed by atoms with E-state index in [0.717, 1.165) is 18.1 Å². The van der Waals surface area contributed by atoms with E-state index in [-0.39, 0.29) is 11.7 Å². The SMILES string of the molecule is CCSCCn1ccn(C(C)C)c1=O. The molecule has 4 heteroatoms. The van der Waals surface area contributed by atoms with Gasteiger partial charge in [0.15, 0.2) is 0 Å². The maximum Gasteiger partial charge on any atom is 0.328 e. The fourth-order valence-electron chi connectivity index (χ4n) is 1.30. The van der Waals surface area contributed by atoms with Crippen molar-refractivity contribution in [3.05, 3.63) is 22.9 Å². The summed E-state index contributed by atoms with van der Waals surface area (Å²) in [5.74, 6) is 2.12. The molecule has 0 aliphatic heterocycles. The quantitative estimate of drug-likeness (QED) is 0.701. The highest BCUT2D eigenvalue weighted by Crippen LogP contribution is 2.01. The molecule has 1 aromatic rings. The van der Waals surface area contributed by atoms with Crippen molar-refractivity contribution in [2.45, 2.75) is 33.4 Å². The molecule has 0 saturated carbocycles.